The first kappa shape index (κ1) is 15.6. The first-order valence-corrected chi connectivity index (χ1v) is 7.58. The monoisotopic (exact) mass is 312 g/mol. The van der Waals surface area contributed by atoms with E-state index in [4.69, 9.17) is 0 Å². The highest BCUT2D eigenvalue weighted by molar-refractivity contribution is 9.10. The van der Waals surface area contributed by atoms with E-state index in [1.807, 2.05) is 6.20 Å². The predicted octanol–water partition coefficient (Wildman–Crippen LogP) is 4.05. The lowest BCUT2D eigenvalue weighted by atomic mass is 9.75. The van der Waals surface area contributed by atoms with Crippen LogP contribution in [-0.2, 0) is 6.42 Å². The lowest BCUT2D eigenvalue weighted by molar-refractivity contribution is 0.206. The van der Waals surface area contributed by atoms with Crippen molar-refractivity contribution in [3.63, 3.8) is 0 Å². The van der Waals surface area contributed by atoms with Crippen LogP contribution < -0.4 is 5.32 Å². The van der Waals surface area contributed by atoms with E-state index in [0.29, 0.717) is 5.92 Å². The summed E-state index contributed by atoms with van der Waals surface area (Å²) in [4.78, 5) is 4.50. The van der Waals surface area contributed by atoms with Gasteiger partial charge in [-0.25, -0.2) is 0 Å². The molecule has 0 aliphatic rings. The van der Waals surface area contributed by atoms with Crippen molar-refractivity contribution in [2.24, 2.45) is 11.3 Å². The Morgan fingerprint density at radius 1 is 1.39 bits per heavy atom. The number of pyridine rings is 1. The van der Waals surface area contributed by atoms with E-state index in [9.17, 15) is 0 Å². The van der Waals surface area contributed by atoms with E-state index in [1.165, 1.54) is 12.1 Å². The van der Waals surface area contributed by atoms with Gasteiger partial charge >= 0.3 is 0 Å². The Labute approximate surface area is 120 Å². The lowest BCUT2D eigenvalue weighted by Gasteiger charge is -2.34. The van der Waals surface area contributed by atoms with E-state index in [1.54, 1.807) is 0 Å². The maximum absolute atomic E-state index is 4.50. The van der Waals surface area contributed by atoms with Crippen molar-refractivity contribution in [2.45, 2.75) is 40.5 Å². The fraction of sp³-hybridized carbons (Fsp3) is 0.667. The smallest absolute Gasteiger partial charge is 0.0413 e. The molecular formula is C15H25BrN2. The van der Waals surface area contributed by atoms with E-state index >= 15 is 0 Å². The standard InChI is InChI=1S/C15H25BrN2/c1-5-8-17-11-15(4,12(2)3)9-14-7-6-13(16)10-18-14/h6-7,10,12,17H,5,8-9,11H2,1-4H3. The van der Waals surface area contributed by atoms with E-state index < -0.39 is 0 Å². The zero-order valence-electron chi connectivity index (χ0n) is 12.0. The third kappa shape index (κ3) is 4.69. The van der Waals surface area contributed by atoms with Gasteiger partial charge in [-0.15, -0.1) is 0 Å². The van der Waals surface area contributed by atoms with Crippen LogP contribution in [-0.4, -0.2) is 18.1 Å². The summed E-state index contributed by atoms with van der Waals surface area (Å²) < 4.78 is 1.04. The summed E-state index contributed by atoms with van der Waals surface area (Å²) >= 11 is 3.43. The van der Waals surface area contributed by atoms with Crippen LogP contribution in [0.3, 0.4) is 0 Å². The summed E-state index contributed by atoms with van der Waals surface area (Å²) in [6.07, 6.45) is 4.09. The fourth-order valence-electron chi connectivity index (χ4n) is 1.95. The van der Waals surface area contributed by atoms with Crippen LogP contribution >= 0.6 is 15.9 Å². The summed E-state index contributed by atoms with van der Waals surface area (Å²) in [5, 5.41) is 3.55. The molecule has 0 saturated heterocycles. The van der Waals surface area contributed by atoms with Crippen molar-refractivity contribution in [3.05, 3.63) is 28.5 Å². The van der Waals surface area contributed by atoms with Crippen LogP contribution in [0.4, 0.5) is 0 Å². The van der Waals surface area contributed by atoms with Crippen LogP contribution in [0.1, 0.15) is 39.8 Å². The second-order valence-corrected chi connectivity index (χ2v) is 6.55. The van der Waals surface area contributed by atoms with Crippen molar-refractivity contribution in [1.82, 2.24) is 10.3 Å². The largest absolute Gasteiger partial charge is 0.316 e. The molecule has 0 radical (unpaired) electrons. The van der Waals surface area contributed by atoms with E-state index in [-0.39, 0.29) is 5.41 Å². The van der Waals surface area contributed by atoms with Gasteiger partial charge in [-0.05, 0) is 58.8 Å². The minimum absolute atomic E-state index is 0.260. The number of hydrogen-bond donors (Lipinski definition) is 1. The van der Waals surface area contributed by atoms with E-state index in [2.05, 4.69) is 66.1 Å². The number of nitrogens with zero attached hydrogens (tertiary/aromatic N) is 1. The van der Waals surface area contributed by atoms with Gasteiger partial charge in [-0.2, -0.15) is 0 Å². The quantitative estimate of drug-likeness (QED) is 0.768. The Bertz CT molecular complexity index is 348. The van der Waals surface area contributed by atoms with Crippen molar-refractivity contribution < 1.29 is 0 Å². The van der Waals surface area contributed by atoms with Crippen molar-refractivity contribution in [2.75, 3.05) is 13.1 Å². The topological polar surface area (TPSA) is 24.9 Å². The number of aromatic nitrogens is 1. The number of hydrogen-bond acceptors (Lipinski definition) is 2. The third-order valence-corrected chi connectivity index (χ3v) is 4.19. The third-order valence-electron chi connectivity index (χ3n) is 3.72. The van der Waals surface area contributed by atoms with Gasteiger partial charge in [0.05, 0.1) is 0 Å². The number of rotatable bonds is 7. The lowest BCUT2D eigenvalue weighted by Crippen LogP contribution is -2.38. The van der Waals surface area contributed by atoms with Crippen LogP contribution in [0.5, 0.6) is 0 Å². The molecule has 0 spiro atoms. The molecule has 3 heteroatoms. The van der Waals surface area contributed by atoms with Crippen molar-refractivity contribution in [1.29, 1.82) is 0 Å². The molecule has 1 atom stereocenters. The van der Waals surface area contributed by atoms with E-state index in [0.717, 1.165) is 24.0 Å². The highest BCUT2D eigenvalue weighted by atomic mass is 79.9. The zero-order chi connectivity index (χ0) is 13.6. The summed E-state index contributed by atoms with van der Waals surface area (Å²) in [6, 6.07) is 4.19. The SMILES string of the molecule is CCCNCC(C)(Cc1ccc(Br)cn1)C(C)C. The fourth-order valence-corrected chi connectivity index (χ4v) is 2.18. The molecule has 2 nitrogen and oxygen atoms in total. The highest BCUT2D eigenvalue weighted by Crippen LogP contribution is 2.30. The molecular weight excluding hydrogens is 288 g/mol. The maximum Gasteiger partial charge on any atom is 0.0413 e. The maximum atomic E-state index is 4.50. The first-order valence-electron chi connectivity index (χ1n) is 6.79. The molecule has 1 N–H and O–H groups in total. The molecule has 0 fully saturated rings. The Balaban J connectivity index is 2.69. The van der Waals surface area contributed by atoms with Gasteiger partial charge in [-0.1, -0.05) is 27.7 Å². The predicted molar refractivity (Wildman–Crippen MR) is 81.7 cm³/mol. The molecule has 0 saturated carbocycles. The molecule has 0 bridgehead atoms. The molecule has 18 heavy (non-hydrogen) atoms. The Kier molecular flexibility index (Phi) is 6.30. The van der Waals surface area contributed by atoms with Crippen molar-refractivity contribution in [3.8, 4) is 0 Å². The number of halogens is 1. The first-order chi connectivity index (χ1) is 8.48. The number of nitrogens with one attached hydrogen (secondary N) is 1. The Hall–Kier alpha value is -0.410. The van der Waals surface area contributed by atoms with Gasteiger partial charge in [0.1, 0.15) is 0 Å². The molecule has 1 heterocycles. The van der Waals surface area contributed by atoms with Crippen LogP contribution in [0.15, 0.2) is 22.8 Å². The summed E-state index contributed by atoms with van der Waals surface area (Å²) in [6.45, 7) is 11.3. The molecule has 1 unspecified atom stereocenters. The summed E-state index contributed by atoms with van der Waals surface area (Å²) in [5.41, 5.74) is 1.43. The molecule has 0 amide bonds. The van der Waals surface area contributed by atoms with Gasteiger partial charge in [0.2, 0.25) is 0 Å². The molecule has 0 aliphatic carbocycles. The molecule has 1 aromatic rings. The Morgan fingerprint density at radius 3 is 2.61 bits per heavy atom. The minimum Gasteiger partial charge on any atom is -0.316 e. The van der Waals surface area contributed by atoms with Crippen LogP contribution in [0, 0.1) is 11.3 Å². The minimum atomic E-state index is 0.260. The zero-order valence-corrected chi connectivity index (χ0v) is 13.5. The van der Waals surface area contributed by atoms with Crippen LogP contribution in [0.25, 0.3) is 0 Å². The van der Waals surface area contributed by atoms with Crippen molar-refractivity contribution >= 4 is 15.9 Å². The molecule has 0 aliphatic heterocycles. The average molecular weight is 313 g/mol. The van der Waals surface area contributed by atoms with Gasteiger partial charge in [0.25, 0.3) is 0 Å². The Morgan fingerprint density at radius 2 is 2.11 bits per heavy atom. The van der Waals surface area contributed by atoms with Gasteiger partial charge in [-0.3, -0.25) is 4.98 Å². The summed E-state index contributed by atoms with van der Waals surface area (Å²) in [7, 11) is 0. The molecule has 1 aromatic heterocycles. The van der Waals surface area contributed by atoms with Gasteiger partial charge < -0.3 is 5.32 Å². The second-order valence-electron chi connectivity index (χ2n) is 5.63. The highest BCUT2D eigenvalue weighted by Gasteiger charge is 2.28. The van der Waals surface area contributed by atoms with Gasteiger partial charge in [0, 0.05) is 22.9 Å². The van der Waals surface area contributed by atoms with Gasteiger partial charge in [0.15, 0.2) is 0 Å². The molecule has 0 aromatic carbocycles. The molecule has 102 valence electrons. The summed E-state index contributed by atoms with van der Waals surface area (Å²) in [5.74, 6) is 0.632. The van der Waals surface area contributed by atoms with Crippen LogP contribution in [0.2, 0.25) is 0 Å². The molecule has 1 rings (SSSR count). The second kappa shape index (κ2) is 7.25. The average Bonchev–Trinajstić information content (AvgIpc) is 2.32. The normalized spacial score (nSPS) is 14.8.